The molecular weight excluding hydrogens is 250 g/mol. The van der Waals surface area contributed by atoms with Crippen LogP contribution in [0.25, 0.3) is 0 Å². The van der Waals surface area contributed by atoms with Crippen molar-refractivity contribution in [2.75, 3.05) is 0 Å². The minimum Gasteiger partial charge on any atom is -0.481 e. The van der Waals surface area contributed by atoms with Crippen molar-refractivity contribution in [1.29, 1.82) is 0 Å². The maximum Gasteiger partial charge on any atom is 0.307 e. The molecule has 0 spiro atoms. The van der Waals surface area contributed by atoms with E-state index < -0.39 is 5.97 Å². The molecule has 0 saturated carbocycles. The molecule has 2 aromatic rings. The van der Waals surface area contributed by atoms with Crippen LogP contribution < -0.4 is 0 Å². The van der Waals surface area contributed by atoms with Crippen LogP contribution in [0.1, 0.15) is 27.7 Å². The summed E-state index contributed by atoms with van der Waals surface area (Å²) in [7, 11) is 0. The van der Waals surface area contributed by atoms with Crippen molar-refractivity contribution >= 4 is 17.3 Å². The average Bonchev–Trinajstić information content (AvgIpc) is 2.78. The number of hydrogen-bond acceptors (Lipinski definition) is 4. The molecule has 2 heterocycles. The number of nitrogens with zero attached hydrogens (tertiary/aromatic N) is 3. The highest BCUT2D eigenvalue weighted by molar-refractivity contribution is 7.09. The Kier molecular flexibility index (Phi) is 3.47. The zero-order chi connectivity index (χ0) is 13.3. The summed E-state index contributed by atoms with van der Waals surface area (Å²) in [6, 6.07) is 0. The molecule has 0 radical (unpaired) electrons. The van der Waals surface area contributed by atoms with Crippen molar-refractivity contribution in [3.63, 3.8) is 0 Å². The number of aromatic nitrogens is 3. The lowest BCUT2D eigenvalue weighted by Crippen LogP contribution is -2.06. The van der Waals surface area contributed by atoms with Gasteiger partial charge in [-0.25, -0.2) is 4.98 Å². The molecule has 0 bridgehead atoms. The number of carbonyl (C=O) groups is 1. The van der Waals surface area contributed by atoms with Crippen molar-refractivity contribution in [3.8, 4) is 0 Å². The van der Waals surface area contributed by atoms with Gasteiger partial charge >= 0.3 is 5.97 Å². The Morgan fingerprint density at radius 2 is 2.17 bits per heavy atom. The molecule has 0 aliphatic heterocycles. The predicted molar refractivity (Wildman–Crippen MR) is 69.0 cm³/mol. The SMILES string of the molecule is Cc1csc(Cn2nc(C)c(CC(=O)O)c2C)n1. The lowest BCUT2D eigenvalue weighted by Gasteiger charge is -2.02. The van der Waals surface area contributed by atoms with E-state index in [0.29, 0.717) is 6.54 Å². The summed E-state index contributed by atoms with van der Waals surface area (Å²) in [5.74, 6) is -0.828. The molecule has 0 atom stereocenters. The van der Waals surface area contributed by atoms with Gasteiger partial charge in [-0.2, -0.15) is 5.10 Å². The first-order chi connectivity index (χ1) is 8.47. The zero-order valence-corrected chi connectivity index (χ0v) is 11.4. The van der Waals surface area contributed by atoms with E-state index in [1.165, 1.54) is 0 Å². The zero-order valence-electron chi connectivity index (χ0n) is 10.6. The van der Waals surface area contributed by atoms with Gasteiger partial charge < -0.3 is 5.11 Å². The summed E-state index contributed by atoms with van der Waals surface area (Å²) in [5.41, 5.74) is 3.49. The van der Waals surface area contributed by atoms with Crippen molar-refractivity contribution in [2.45, 2.75) is 33.7 Å². The Labute approximate surface area is 109 Å². The maximum atomic E-state index is 10.8. The highest BCUT2D eigenvalue weighted by Gasteiger charge is 2.15. The smallest absolute Gasteiger partial charge is 0.307 e. The molecule has 0 fully saturated rings. The number of rotatable bonds is 4. The van der Waals surface area contributed by atoms with Crippen molar-refractivity contribution in [3.05, 3.63) is 33.0 Å². The summed E-state index contributed by atoms with van der Waals surface area (Å²) in [6.45, 7) is 6.30. The molecule has 2 rings (SSSR count). The first-order valence-electron chi connectivity index (χ1n) is 5.63. The first-order valence-corrected chi connectivity index (χ1v) is 6.51. The second-order valence-corrected chi connectivity index (χ2v) is 5.20. The first kappa shape index (κ1) is 12.8. The number of aryl methyl sites for hydroxylation is 2. The highest BCUT2D eigenvalue weighted by Crippen LogP contribution is 2.17. The third kappa shape index (κ3) is 2.59. The second-order valence-electron chi connectivity index (χ2n) is 4.26. The van der Waals surface area contributed by atoms with Crippen LogP contribution in [0.4, 0.5) is 0 Å². The molecule has 5 nitrogen and oxygen atoms in total. The van der Waals surface area contributed by atoms with E-state index in [2.05, 4.69) is 10.1 Å². The Morgan fingerprint density at radius 1 is 1.44 bits per heavy atom. The van der Waals surface area contributed by atoms with Crippen LogP contribution in [0.2, 0.25) is 0 Å². The summed E-state index contributed by atoms with van der Waals surface area (Å²) in [4.78, 5) is 15.2. The maximum absolute atomic E-state index is 10.8. The fourth-order valence-electron chi connectivity index (χ4n) is 1.90. The molecule has 2 aromatic heterocycles. The van der Waals surface area contributed by atoms with Crippen LogP contribution in [0.3, 0.4) is 0 Å². The number of hydrogen-bond donors (Lipinski definition) is 1. The van der Waals surface area contributed by atoms with Gasteiger partial charge in [-0.3, -0.25) is 9.48 Å². The van der Waals surface area contributed by atoms with Gasteiger partial charge in [0.15, 0.2) is 0 Å². The Morgan fingerprint density at radius 3 is 2.72 bits per heavy atom. The van der Waals surface area contributed by atoms with Gasteiger partial charge in [-0.1, -0.05) is 0 Å². The average molecular weight is 265 g/mol. The van der Waals surface area contributed by atoms with Crippen molar-refractivity contribution < 1.29 is 9.90 Å². The monoisotopic (exact) mass is 265 g/mol. The van der Waals surface area contributed by atoms with E-state index in [9.17, 15) is 4.79 Å². The van der Waals surface area contributed by atoms with E-state index in [1.807, 2.05) is 30.8 Å². The quantitative estimate of drug-likeness (QED) is 0.917. The molecule has 18 heavy (non-hydrogen) atoms. The van der Waals surface area contributed by atoms with Crippen LogP contribution in [0.5, 0.6) is 0 Å². The molecule has 1 N–H and O–H groups in total. The van der Waals surface area contributed by atoms with Gasteiger partial charge in [0.05, 0.1) is 18.7 Å². The Bertz CT molecular complexity index is 586. The molecule has 0 unspecified atom stereocenters. The fourth-order valence-corrected chi connectivity index (χ4v) is 2.65. The Balaban J connectivity index is 2.26. The molecular formula is C12H15N3O2S. The van der Waals surface area contributed by atoms with Gasteiger partial charge in [0, 0.05) is 22.3 Å². The number of aliphatic carboxylic acids is 1. The largest absolute Gasteiger partial charge is 0.481 e. The normalized spacial score (nSPS) is 10.8. The van der Waals surface area contributed by atoms with Gasteiger partial charge in [0.2, 0.25) is 0 Å². The lowest BCUT2D eigenvalue weighted by atomic mass is 10.1. The topological polar surface area (TPSA) is 68.0 Å². The fraction of sp³-hybridized carbons (Fsp3) is 0.417. The van der Waals surface area contributed by atoms with Crippen LogP contribution in [-0.4, -0.2) is 25.8 Å². The minimum absolute atomic E-state index is 0.0224. The third-order valence-corrected chi connectivity index (χ3v) is 3.76. The molecule has 0 aliphatic rings. The standard InChI is InChI=1S/C12H15N3O2S/c1-7-6-18-11(13-7)5-15-9(3)10(4-12(16)17)8(2)14-15/h6H,4-5H2,1-3H3,(H,16,17). The van der Waals surface area contributed by atoms with E-state index in [4.69, 9.17) is 5.11 Å². The molecule has 96 valence electrons. The van der Waals surface area contributed by atoms with Crippen molar-refractivity contribution in [2.24, 2.45) is 0 Å². The summed E-state index contributed by atoms with van der Waals surface area (Å²) < 4.78 is 1.83. The number of carboxylic acids is 1. The summed E-state index contributed by atoms with van der Waals surface area (Å²) in [5, 5.41) is 16.2. The van der Waals surface area contributed by atoms with Crippen LogP contribution >= 0.6 is 11.3 Å². The number of thiazole rings is 1. The lowest BCUT2D eigenvalue weighted by molar-refractivity contribution is -0.136. The molecule has 0 saturated heterocycles. The second kappa shape index (κ2) is 4.89. The van der Waals surface area contributed by atoms with Gasteiger partial charge in [0.1, 0.15) is 5.01 Å². The van der Waals surface area contributed by atoms with E-state index in [1.54, 1.807) is 11.3 Å². The van der Waals surface area contributed by atoms with E-state index in [-0.39, 0.29) is 6.42 Å². The van der Waals surface area contributed by atoms with Gasteiger partial charge in [-0.05, 0) is 20.8 Å². The van der Waals surface area contributed by atoms with Gasteiger partial charge in [-0.15, -0.1) is 11.3 Å². The van der Waals surface area contributed by atoms with Crippen LogP contribution in [0, 0.1) is 20.8 Å². The van der Waals surface area contributed by atoms with Crippen LogP contribution in [0.15, 0.2) is 5.38 Å². The number of carboxylic acid groups (broad SMARTS) is 1. The van der Waals surface area contributed by atoms with Crippen LogP contribution in [-0.2, 0) is 17.8 Å². The van der Waals surface area contributed by atoms with Gasteiger partial charge in [0.25, 0.3) is 0 Å². The van der Waals surface area contributed by atoms with E-state index >= 15 is 0 Å². The Hall–Kier alpha value is -1.69. The molecule has 0 amide bonds. The minimum atomic E-state index is -0.828. The van der Waals surface area contributed by atoms with E-state index in [0.717, 1.165) is 27.7 Å². The third-order valence-electron chi connectivity index (χ3n) is 2.81. The summed E-state index contributed by atoms with van der Waals surface area (Å²) >= 11 is 1.59. The summed E-state index contributed by atoms with van der Waals surface area (Å²) in [6.07, 6.45) is 0.0224. The predicted octanol–water partition coefficient (Wildman–Crippen LogP) is 1.94. The molecule has 0 aromatic carbocycles. The molecule has 0 aliphatic carbocycles. The highest BCUT2D eigenvalue weighted by atomic mass is 32.1. The van der Waals surface area contributed by atoms with Crippen molar-refractivity contribution in [1.82, 2.24) is 14.8 Å². The molecule has 6 heteroatoms.